The van der Waals surface area contributed by atoms with Crippen molar-refractivity contribution in [2.75, 3.05) is 0 Å². The largest absolute Gasteiger partial charge is 0.386 e. The second kappa shape index (κ2) is 5.98. The lowest BCUT2D eigenvalue weighted by atomic mass is 9.87. The van der Waals surface area contributed by atoms with Crippen LogP contribution < -0.4 is 5.56 Å². The third-order valence-electron chi connectivity index (χ3n) is 5.23. The van der Waals surface area contributed by atoms with E-state index in [1.165, 1.54) is 24.3 Å². The van der Waals surface area contributed by atoms with Crippen LogP contribution in [-0.4, -0.2) is 26.6 Å². The Kier molecular flexibility index (Phi) is 3.62. The topological polar surface area (TPSA) is 121 Å². The molecule has 0 fully saturated rings. The highest BCUT2D eigenvalue weighted by Crippen LogP contribution is 2.39. The van der Waals surface area contributed by atoms with Crippen LogP contribution in [0.25, 0.3) is 16.5 Å². The number of cyclic esters (lactones) is 2. The van der Waals surface area contributed by atoms with Gasteiger partial charge in [-0.05, 0) is 37.0 Å². The highest BCUT2D eigenvalue weighted by atomic mass is 32.1. The summed E-state index contributed by atoms with van der Waals surface area (Å²) in [4.78, 5) is 48.1. The number of aryl methyl sites for hydroxylation is 2. The zero-order valence-corrected chi connectivity index (χ0v) is 15.6. The average molecular weight is 409 g/mol. The van der Waals surface area contributed by atoms with Crippen LogP contribution >= 0.6 is 12.6 Å². The highest BCUT2D eigenvalue weighted by molar-refractivity contribution is 7.80. The number of rotatable bonds is 2. The Morgan fingerprint density at radius 3 is 2.41 bits per heavy atom. The summed E-state index contributed by atoms with van der Waals surface area (Å²) in [5.74, 6) is -1.55. The van der Waals surface area contributed by atoms with E-state index in [2.05, 4.69) is 17.7 Å². The first-order chi connectivity index (χ1) is 13.9. The molecule has 0 atom stereocenters. The number of hydrogen-bond acceptors (Lipinski definition) is 8. The van der Waals surface area contributed by atoms with Gasteiger partial charge in [0.05, 0.1) is 32.8 Å². The summed E-state index contributed by atoms with van der Waals surface area (Å²) in [5.41, 5.74) is 1.07. The molecule has 0 amide bonds. The molecule has 0 saturated carbocycles. The molecule has 2 heterocycles. The molecule has 2 aliphatic rings. The summed E-state index contributed by atoms with van der Waals surface area (Å²) in [5, 5.41) is 16.1. The highest BCUT2D eigenvalue weighted by Gasteiger charge is 2.38. The third kappa shape index (κ3) is 2.35. The van der Waals surface area contributed by atoms with Gasteiger partial charge in [0, 0.05) is 22.4 Å². The van der Waals surface area contributed by atoms with Gasteiger partial charge in [-0.15, -0.1) is 12.6 Å². The van der Waals surface area contributed by atoms with Gasteiger partial charge in [0.1, 0.15) is 0 Å². The molecule has 0 unspecified atom stereocenters. The number of benzene rings is 2. The summed E-state index contributed by atoms with van der Waals surface area (Å²) in [6.07, 6.45) is 1.78. The van der Waals surface area contributed by atoms with Gasteiger partial charge in [0.25, 0.3) is 11.2 Å². The number of aromatic nitrogens is 2. The fraction of sp³-hybridized carbons (Fsp3) is 0.158. The molecule has 144 valence electrons. The van der Waals surface area contributed by atoms with E-state index in [1.807, 2.05) is 0 Å². The second-order valence-electron chi connectivity index (χ2n) is 6.79. The van der Waals surface area contributed by atoms with E-state index in [4.69, 9.17) is 4.74 Å². The molecule has 0 saturated heterocycles. The maximum absolute atomic E-state index is 13.3. The van der Waals surface area contributed by atoms with Gasteiger partial charge in [-0.2, -0.15) is 9.78 Å². The van der Waals surface area contributed by atoms with Crippen LogP contribution in [0.5, 0.6) is 0 Å². The van der Waals surface area contributed by atoms with Gasteiger partial charge < -0.3 is 4.74 Å². The molecule has 0 spiro atoms. The first kappa shape index (κ1) is 17.6. The molecule has 9 nitrogen and oxygen atoms in total. The van der Waals surface area contributed by atoms with Crippen LogP contribution in [0.2, 0.25) is 0 Å². The zero-order chi connectivity index (χ0) is 20.4. The van der Waals surface area contributed by atoms with Gasteiger partial charge >= 0.3 is 11.9 Å². The maximum Gasteiger partial charge on any atom is 0.348 e. The molecular weight excluding hydrogens is 398 g/mol. The SMILES string of the molecule is O=C1OC(=O)c2c1c1c3c(nn(-c4ccc([N+](=O)[O-])cc4)c(=O)c3c2S)CCC1. The van der Waals surface area contributed by atoms with E-state index >= 15 is 0 Å². The first-order valence-corrected chi connectivity index (χ1v) is 9.18. The van der Waals surface area contributed by atoms with Crippen LogP contribution in [0.15, 0.2) is 34.0 Å². The molecule has 1 aromatic heterocycles. The zero-order valence-electron chi connectivity index (χ0n) is 14.7. The molecule has 1 aliphatic carbocycles. The molecule has 10 heteroatoms. The van der Waals surface area contributed by atoms with E-state index < -0.39 is 22.4 Å². The van der Waals surface area contributed by atoms with Gasteiger partial charge in [-0.25, -0.2) is 9.59 Å². The fourth-order valence-electron chi connectivity index (χ4n) is 4.00. The van der Waals surface area contributed by atoms with Crippen LogP contribution in [-0.2, 0) is 17.6 Å². The number of nitro groups is 1. The molecule has 29 heavy (non-hydrogen) atoms. The van der Waals surface area contributed by atoms with Gasteiger partial charge in [-0.1, -0.05) is 0 Å². The lowest BCUT2D eigenvalue weighted by molar-refractivity contribution is -0.384. The van der Waals surface area contributed by atoms with Gasteiger partial charge in [0.2, 0.25) is 0 Å². The summed E-state index contributed by atoms with van der Waals surface area (Å²) < 4.78 is 5.90. The lowest BCUT2D eigenvalue weighted by Gasteiger charge is -2.20. The van der Waals surface area contributed by atoms with Crippen molar-refractivity contribution in [1.82, 2.24) is 9.78 Å². The number of nitrogens with zero attached hydrogens (tertiary/aromatic N) is 3. The van der Waals surface area contributed by atoms with Crippen LogP contribution in [0.4, 0.5) is 5.69 Å². The summed E-state index contributed by atoms with van der Waals surface area (Å²) >= 11 is 4.40. The van der Waals surface area contributed by atoms with E-state index in [0.717, 1.165) is 4.68 Å². The fourth-order valence-corrected chi connectivity index (χ4v) is 4.41. The monoisotopic (exact) mass is 409 g/mol. The van der Waals surface area contributed by atoms with Crippen molar-refractivity contribution < 1.29 is 19.2 Å². The predicted octanol–water partition coefficient (Wildman–Crippen LogP) is 2.38. The Hall–Kier alpha value is -3.53. The van der Waals surface area contributed by atoms with Crippen molar-refractivity contribution in [3.05, 3.63) is 67.1 Å². The molecule has 2 aromatic carbocycles. The second-order valence-corrected chi connectivity index (χ2v) is 7.24. The minimum absolute atomic E-state index is 0.00670. The smallest absolute Gasteiger partial charge is 0.348 e. The quantitative estimate of drug-likeness (QED) is 0.227. The maximum atomic E-state index is 13.3. The van der Waals surface area contributed by atoms with E-state index in [9.17, 15) is 24.5 Å². The van der Waals surface area contributed by atoms with Crippen molar-refractivity contribution in [2.24, 2.45) is 0 Å². The Labute approximate surface area is 167 Å². The van der Waals surface area contributed by atoms with Gasteiger partial charge in [-0.3, -0.25) is 14.9 Å². The summed E-state index contributed by atoms with van der Waals surface area (Å²) in [6, 6.07) is 5.42. The Morgan fingerprint density at radius 1 is 1.03 bits per heavy atom. The number of fused-ring (bicyclic) bond motifs is 2. The number of carbonyl (C=O) groups excluding carboxylic acids is 2. The number of carbonyl (C=O) groups is 2. The van der Waals surface area contributed by atoms with Crippen LogP contribution in [0, 0.1) is 10.1 Å². The first-order valence-electron chi connectivity index (χ1n) is 8.73. The molecule has 0 bridgehead atoms. The molecule has 3 aromatic rings. The minimum Gasteiger partial charge on any atom is -0.386 e. The summed E-state index contributed by atoms with van der Waals surface area (Å²) in [7, 11) is 0. The number of thiol groups is 1. The van der Waals surface area contributed by atoms with Gasteiger partial charge in [0.15, 0.2) is 0 Å². The molecular formula is C19H11N3O6S. The Morgan fingerprint density at radius 2 is 1.72 bits per heavy atom. The van der Waals surface area contributed by atoms with E-state index in [1.54, 1.807) is 0 Å². The van der Waals surface area contributed by atoms with Crippen molar-refractivity contribution in [2.45, 2.75) is 24.2 Å². The molecule has 0 N–H and O–H groups in total. The standard InChI is InChI=1S/C19H11N3O6S/c23-17-14-12-10(13-15(16(14)29)19(25)28-18(13)24)2-1-3-11(12)20-21(17)8-4-6-9(7-5-8)22(26)27/h4-7,29H,1-3H2. The number of nitro benzene ring substituents is 1. The predicted molar refractivity (Wildman–Crippen MR) is 103 cm³/mol. The van der Waals surface area contributed by atoms with Crippen molar-refractivity contribution in [3.8, 4) is 5.69 Å². The van der Waals surface area contributed by atoms with E-state index in [-0.39, 0.29) is 27.1 Å². The number of non-ortho nitro benzene ring substituents is 1. The number of hydrogen-bond donors (Lipinski definition) is 1. The third-order valence-corrected chi connectivity index (χ3v) is 5.68. The van der Waals surface area contributed by atoms with Crippen molar-refractivity contribution in [1.29, 1.82) is 0 Å². The van der Waals surface area contributed by atoms with Crippen molar-refractivity contribution in [3.63, 3.8) is 0 Å². The van der Waals surface area contributed by atoms with Crippen LogP contribution in [0.1, 0.15) is 38.4 Å². The molecule has 5 rings (SSSR count). The average Bonchev–Trinajstić information content (AvgIpc) is 3.01. The molecule has 0 radical (unpaired) electrons. The summed E-state index contributed by atoms with van der Waals surface area (Å²) in [6.45, 7) is 0. The minimum atomic E-state index is -0.821. The normalized spacial score (nSPS) is 14.8. The van der Waals surface area contributed by atoms with Crippen LogP contribution in [0.3, 0.4) is 0 Å². The number of esters is 2. The van der Waals surface area contributed by atoms with E-state index in [0.29, 0.717) is 41.6 Å². The Balaban J connectivity index is 1.87. The Bertz CT molecular complexity index is 1340. The lowest BCUT2D eigenvalue weighted by Crippen LogP contribution is -2.26. The number of ether oxygens (including phenoxy) is 1. The molecule has 1 aliphatic heterocycles. The van der Waals surface area contributed by atoms with Crippen molar-refractivity contribution >= 4 is 41.0 Å².